The minimum atomic E-state index is -0.827. The van der Waals surface area contributed by atoms with Crippen LogP contribution in [-0.2, 0) is 11.2 Å². The lowest BCUT2D eigenvalue weighted by Gasteiger charge is -2.43. The number of rotatable bonds is 4. The molecule has 174 valence electrons. The van der Waals surface area contributed by atoms with Crippen LogP contribution >= 0.6 is 0 Å². The van der Waals surface area contributed by atoms with Gasteiger partial charge in [0.25, 0.3) is 0 Å². The van der Waals surface area contributed by atoms with E-state index >= 15 is 0 Å². The number of aromatic nitrogens is 1. The summed E-state index contributed by atoms with van der Waals surface area (Å²) >= 11 is 0. The van der Waals surface area contributed by atoms with Crippen molar-refractivity contribution in [3.63, 3.8) is 0 Å². The predicted molar refractivity (Wildman–Crippen MR) is 131 cm³/mol. The largest absolute Gasteiger partial charge is 0.448 e. The third kappa shape index (κ3) is 3.68. The van der Waals surface area contributed by atoms with E-state index in [1.54, 1.807) is 0 Å². The van der Waals surface area contributed by atoms with Crippen LogP contribution in [0.25, 0.3) is 11.1 Å². The first kappa shape index (κ1) is 21.4. The van der Waals surface area contributed by atoms with Crippen LogP contribution in [0, 0.1) is 6.92 Å². The first-order valence-corrected chi connectivity index (χ1v) is 12.3. The summed E-state index contributed by atoms with van der Waals surface area (Å²) in [6.45, 7) is 2.30. The van der Waals surface area contributed by atoms with Gasteiger partial charge in [-0.2, -0.15) is 0 Å². The number of nitrogens with zero attached hydrogens (tertiary/aromatic N) is 2. The Morgan fingerprint density at radius 1 is 0.971 bits per heavy atom. The smallest absolute Gasteiger partial charge is 0.410 e. The Bertz CT molecular complexity index is 1180. The zero-order chi connectivity index (χ0) is 23.3. The molecule has 3 heterocycles. The standard InChI is InChI=1S/C29H30N2O3/c1-19-7-6-8-20(30-19)15-29(33)16-21-13-14-22(17-29)31(21)28(32)34-18-27-25-11-4-2-9-23(25)24-10-3-5-12-26(24)27/h2-12,21-22,27,33H,13-18H2,1H3. The van der Waals surface area contributed by atoms with Crippen LogP contribution in [0.15, 0.2) is 66.7 Å². The monoisotopic (exact) mass is 454 g/mol. The molecule has 2 atom stereocenters. The predicted octanol–water partition coefficient (Wildman–Crippen LogP) is 5.24. The number of hydrogen-bond donors (Lipinski definition) is 1. The van der Waals surface area contributed by atoms with Gasteiger partial charge in [0.1, 0.15) is 6.61 Å². The number of piperidine rings is 1. The van der Waals surface area contributed by atoms with Gasteiger partial charge in [-0.05, 0) is 67.0 Å². The summed E-state index contributed by atoms with van der Waals surface area (Å²) in [7, 11) is 0. The van der Waals surface area contributed by atoms with Gasteiger partial charge in [0.15, 0.2) is 0 Å². The highest BCUT2D eigenvalue weighted by molar-refractivity contribution is 5.79. The van der Waals surface area contributed by atoms with Gasteiger partial charge < -0.3 is 14.7 Å². The fourth-order valence-electron chi connectivity index (χ4n) is 6.47. The molecule has 6 rings (SSSR count). The molecule has 0 spiro atoms. The fraction of sp³-hybridized carbons (Fsp3) is 0.379. The summed E-state index contributed by atoms with van der Waals surface area (Å²) in [4.78, 5) is 19.8. The molecule has 2 aromatic carbocycles. The second-order valence-electron chi connectivity index (χ2n) is 10.2. The van der Waals surface area contributed by atoms with Crippen LogP contribution in [0.4, 0.5) is 4.79 Å². The number of aliphatic hydroxyl groups is 1. The van der Waals surface area contributed by atoms with Crippen molar-refractivity contribution in [2.45, 2.75) is 62.6 Å². The Hall–Kier alpha value is -3.18. The van der Waals surface area contributed by atoms with Crippen molar-refractivity contribution in [3.05, 3.63) is 89.2 Å². The molecule has 2 saturated heterocycles. The van der Waals surface area contributed by atoms with Crippen molar-refractivity contribution in [2.24, 2.45) is 0 Å². The summed E-state index contributed by atoms with van der Waals surface area (Å²) in [5, 5.41) is 11.4. The van der Waals surface area contributed by atoms with Gasteiger partial charge in [0, 0.05) is 35.8 Å². The summed E-state index contributed by atoms with van der Waals surface area (Å²) in [5.41, 5.74) is 5.94. The van der Waals surface area contributed by atoms with E-state index in [9.17, 15) is 9.90 Å². The highest BCUT2D eigenvalue weighted by Gasteiger charge is 2.50. The molecule has 1 N–H and O–H groups in total. The van der Waals surface area contributed by atoms with E-state index in [1.807, 2.05) is 42.2 Å². The van der Waals surface area contributed by atoms with E-state index in [1.165, 1.54) is 22.3 Å². The summed E-state index contributed by atoms with van der Waals surface area (Å²) in [6, 6.07) is 22.7. The highest BCUT2D eigenvalue weighted by atomic mass is 16.6. The molecule has 1 aliphatic carbocycles. The lowest BCUT2D eigenvalue weighted by molar-refractivity contribution is -0.0484. The van der Waals surface area contributed by atoms with Gasteiger partial charge >= 0.3 is 6.09 Å². The minimum absolute atomic E-state index is 0.0178. The summed E-state index contributed by atoms with van der Waals surface area (Å²) in [6.07, 6.45) is 3.26. The van der Waals surface area contributed by atoms with Crippen molar-refractivity contribution >= 4 is 6.09 Å². The normalized spacial score (nSPS) is 25.2. The molecule has 1 aromatic heterocycles. The Morgan fingerprint density at radius 2 is 1.59 bits per heavy atom. The fourth-order valence-corrected chi connectivity index (χ4v) is 6.47. The van der Waals surface area contributed by atoms with Gasteiger partial charge in [-0.3, -0.25) is 4.98 Å². The van der Waals surface area contributed by atoms with Crippen LogP contribution in [0.5, 0.6) is 0 Å². The number of pyridine rings is 1. The van der Waals surface area contributed by atoms with Gasteiger partial charge in [0.05, 0.1) is 5.60 Å². The molecule has 2 bridgehead atoms. The number of ether oxygens (including phenoxy) is 1. The lowest BCUT2D eigenvalue weighted by atomic mass is 9.82. The lowest BCUT2D eigenvalue weighted by Crippen LogP contribution is -2.54. The second-order valence-corrected chi connectivity index (χ2v) is 10.2. The van der Waals surface area contributed by atoms with E-state index in [0.29, 0.717) is 25.9 Å². The number of amides is 1. The van der Waals surface area contributed by atoms with Gasteiger partial charge in [-0.15, -0.1) is 0 Å². The van der Waals surface area contributed by atoms with Crippen LogP contribution in [-0.4, -0.2) is 45.4 Å². The first-order chi connectivity index (χ1) is 16.5. The number of fused-ring (bicyclic) bond motifs is 5. The van der Waals surface area contributed by atoms with Crippen LogP contribution in [0.3, 0.4) is 0 Å². The van der Waals surface area contributed by atoms with Crippen molar-refractivity contribution in [1.82, 2.24) is 9.88 Å². The molecular formula is C29H30N2O3. The van der Waals surface area contributed by atoms with Crippen LogP contribution in [0.2, 0.25) is 0 Å². The molecule has 3 aromatic rings. The number of benzene rings is 2. The summed E-state index contributed by atoms with van der Waals surface area (Å²) in [5.74, 6) is 0.0584. The van der Waals surface area contributed by atoms with E-state index in [-0.39, 0.29) is 24.1 Å². The Balaban J connectivity index is 1.15. The average Bonchev–Trinajstić information content (AvgIpc) is 3.30. The third-order valence-electron chi connectivity index (χ3n) is 7.85. The number of carbonyl (C=O) groups excluding carboxylic acids is 1. The third-order valence-corrected chi connectivity index (χ3v) is 7.85. The topological polar surface area (TPSA) is 62.7 Å². The number of aryl methyl sites for hydroxylation is 1. The Labute approximate surface area is 200 Å². The average molecular weight is 455 g/mol. The molecule has 34 heavy (non-hydrogen) atoms. The van der Waals surface area contributed by atoms with Crippen molar-refractivity contribution in [2.75, 3.05) is 6.61 Å². The first-order valence-electron chi connectivity index (χ1n) is 12.3. The zero-order valence-corrected chi connectivity index (χ0v) is 19.5. The van der Waals surface area contributed by atoms with Crippen molar-refractivity contribution in [1.29, 1.82) is 0 Å². The molecule has 3 aliphatic rings. The molecule has 2 fully saturated rings. The molecule has 5 nitrogen and oxygen atoms in total. The summed E-state index contributed by atoms with van der Waals surface area (Å²) < 4.78 is 5.96. The highest BCUT2D eigenvalue weighted by Crippen LogP contribution is 2.45. The van der Waals surface area contributed by atoms with Gasteiger partial charge in [-0.1, -0.05) is 54.6 Å². The van der Waals surface area contributed by atoms with Crippen LogP contribution in [0.1, 0.15) is 54.1 Å². The van der Waals surface area contributed by atoms with Crippen molar-refractivity contribution < 1.29 is 14.6 Å². The maximum Gasteiger partial charge on any atom is 0.410 e. The molecule has 5 heteroatoms. The van der Waals surface area contributed by atoms with E-state index in [4.69, 9.17) is 4.74 Å². The molecule has 2 aliphatic heterocycles. The Morgan fingerprint density at radius 3 is 2.21 bits per heavy atom. The van der Waals surface area contributed by atoms with E-state index < -0.39 is 5.60 Å². The van der Waals surface area contributed by atoms with E-state index in [0.717, 1.165) is 24.2 Å². The SMILES string of the molecule is Cc1cccc(CC2(O)CC3CCC(C2)N3C(=O)OCC2c3ccccc3-c3ccccc32)n1. The Kier molecular flexibility index (Phi) is 5.18. The van der Waals surface area contributed by atoms with E-state index in [2.05, 4.69) is 41.4 Å². The maximum absolute atomic E-state index is 13.3. The van der Waals surface area contributed by atoms with Crippen molar-refractivity contribution in [3.8, 4) is 11.1 Å². The van der Waals surface area contributed by atoms with Gasteiger partial charge in [0.2, 0.25) is 0 Å². The zero-order valence-electron chi connectivity index (χ0n) is 19.5. The molecule has 2 unspecified atom stereocenters. The molecule has 1 amide bonds. The molecular weight excluding hydrogens is 424 g/mol. The molecule has 0 radical (unpaired) electrons. The quantitative estimate of drug-likeness (QED) is 0.586. The second kappa shape index (κ2) is 8.24. The van der Waals surface area contributed by atoms with Gasteiger partial charge in [-0.25, -0.2) is 4.79 Å². The maximum atomic E-state index is 13.3. The van der Waals surface area contributed by atoms with Crippen LogP contribution < -0.4 is 0 Å². The number of carbonyl (C=O) groups is 1. The number of hydrogen-bond acceptors (Lipinski definition) is 4. The molecule has 0 saturated carbocycles. The minimum Gasteiger partial charge on any atom is -0.448 e.